The summed E-state index contributed by atoms with van der Waals surface area (Å²) in [6.45, 7) is 3.76. The zero-order valence-electron chi connectivity index (χ0n) is 15.3. The zero-order valence-corrected chi connectivity index (χ0v) is 16.1. The summed E-state index contributed by atoms with van der Waals surface area (Å²) >= 11 is 6.28. The van der Waals surface area contributed by atoms with Gasteiger partial charge in [0.25, 0.3) is 5.56 Å². The minimum absolute atomic E-state index is 0.139. The molecule has 0 aliphatic carbocycles. The molecule has 1 aliphatic rings. The summed E-state index contributed by atoms with van der Waals surface area (Å²) in [5.41, 5.74) is 4.94. The molecule has 27 heavy (non-hydrogen) atoms. The number of hydrogen-bond donors (Lipinski definition) is 1. The van der Waals surface area contributed by atoms with Gasteiger partial charge in [-0.2, -0.15) is 4.98 Å². The molecule has 2 aromatic heterocycles. The number of benzene rings is 1. The van der Waals surface area contributed by atoms with E-state index in [1.807, 2.05) is 18.2 Å². The van der Waals surface area contributed by atoms with Gasteiger partial charge < -0.3 is 4.90 Å². The molecule has 1 aliphatic heterocycles. The standard InChI is InChI=1S/C19H21ClN6O/c1-24-7-9-26(10-8-24)23-19-21-12-13-11-15(14-5-3-4-6-16(14)20)18(27)25(2)17(13)22-19/h3-6,11-12H,7-10H2,1-2H3,(H,21,22,23). The van der Waals surface area contributed by atoms with Crippen molar-refractivity contribution in [1.29, 1.82) is 0 Å². The van der Waals surface area contributed by atoms with E-state index in [4.69, 9.17) is 11.6 Å². The SMILES string of the molecule is CN1CCN(Nc2ncc3cc(-c4ccccc4Cl)c(=O)n(C)c3n2)CC1. The van der Waals surface area contributed by atoms with Gasteiger partial charge in [0.05, 0.1) is 0 Å². The number of aromatic nitrogens is 3. The van der Waals surface area contributed by atoms with Crippen molar-refractivity contribution in [1.82, 2.24) is 24.4 Å². The van der Waals surface area contributed by atoms with Gasteiger partial charge in [0.2, 0.25) is 5.95 Å². The smallest absolute Gasteiger partial charge is 0.259 e. The first-order chi connectivity index (χ1) is 13.0. The van der Waals surface area contributed by atoms with E-state index >= 15 is 0 Å². The van der Waals surface area contributed by atoms with E-state index in [0.717, 1.165) is 31.6 Å². The molecule has 140 valence electrons. The number of nitrogens with one attached hydrogen (secondary N) is 1. The molecule has 0 amide bonds. The fourth-order valence-electron chi connectivity index (χ4n) is 3.23. The van der Waals surface area contributed by atoms with Crippen LogP contribution < -0.4 is 11.0 Å². The van der Waals surface area contributed by atoms with Crippen LogP contribution in [0.5, 0.6) is 0 Å². The monoisotopic (exact) mass is 384 g/mol. The van der Waals surface area contributed by atoms with Crippen LogP contribution in [0, 0.1) is 0 Å². The summed E-state index contributed by atoms with van der Waals surface area (Å²) in [4.78, 5) is 24.1. The summed E-state index contributed by atoms with van der Waals surface area (Å²) in [5, 5.41) is 3.43. The lowest BCUT2D eigenvalue weighted by atomic mass is 10.1. The lowest BCUT2D eigenvalue weighted by molar-refractivity contribution is 0.178. The average molecular weight is 385 g/mol. The molecule has 1 saturated heterocycles. The third-order valence-corrected chi connectivity index (χ3v) is 5.20. The number of pyridine rings is 1. The Morgan fingerprint density at radius 3 is 2.56 bits per heavy atom. The molecular formula is C19H21ClN6O. The van der Waals surface area contributed by atoms with E-state index < -0.39 is 0 Å². The van der Waals surface area contributed by atoms with Crippen LogP contribution in [0.2, 0.25) is 5.02 Å². The highest BCUT2D eigenvalue weighted by Crippen LogP contribution is 2.27. The Morgan fingerprint density at radius 1 is 1.07 bits per heavy atom. The number of anilines is 1. The van der Waals surface area contributed by atoms with Gasteiger partial charge in [0, 0.05) is 61.0 Å². The maximum Gasteiger partial charge on any atom is 0.259 e. The fraction of sp³-hybridized carbons (Fsp3) is 0.316. The second-order valence-corrected chi connectivity index (χ2v) is 7.18. The molecule has 0 saturated carbocycles. The second kappa shape index (κ2) is 7.26. The first-order valence-electron chi connectivity index (χ1n) is 8.85. The average Bonchev–Trinajstić information content (AvgIpc) is 2.67. The summed E-state index contributed by atoms with van der Waals surface area (Å²) in [6.07, 6.45) is 1.74. The topological polar surface area (TPSA) is 66.3 Å². The molecule has 1 aromatic carbocycles. The van der Waals surface area contributed by atoms with Crippen LogP contribution in [-0.2, 0) is 7.05 Å². The molecule has 3 heterocycles. The van der Waals surface area contributed by atoms with E-state index in [2.05, 4.69) is 32.4 Å². The molecule has 0 spiro atoms. The van der Waals surface area contributed by atoms with Crippen molar-refractivity contribution in [2.45, 2.75) is 0 Å². The quantitative estimate of drug-likeness (QED) is 0.747. The molecule has 4 rings (SSSR count). The number of rotatable bonds is 3. The first-order valence-corrected chi connectivity index (χ1v) is 9.22. The van der Waals surface area contributed by atoms with Gasteiger partial charge >= 0.3 is 0 Å². The Balaban J connectivity index is 1.71. The lowest BCUT2D eigenvalue weighted by Crippen LogP contribution is -2.47. The molecular weight excluding hydrogens is 364 g/mol. The number of piperazine rings is 1. The zero-order chi connectivity index (χ0) is 19.0. The summed E-state index contributed by atoms with van der Waals surface area (Å²) in [6, 6.07) is 9.13. The van der Waals surface area contributed by atoms with Gasteiger partial charge in [0.15, 0.2) is 0 Å². The number of aryl methyl sites for hydroxylation is 1. The Bertz CT molecular complexity index is 1040. The number of hydrogen-bond acceptors (Lipinski definition) is 6. The molecule has 0 unspecified atom stereocenters. The van der Waals surface area contributed by atoms with Crippen LogP contribution in [0.1, 0.15) is 0 Å². The number of halogens is 1. The van der Waals surface area contributed by atoms with Gasteiger partial charge in [-0.3, -0.25) is 14.8 Å². The van der Waals surface area contributed by atoms with Gasteiger partial charge in [-0.1, -0.05) is 29.8 Å². The van der Waals surface area contributed by atoms with E-state index in [1.165, 1.54) is 0 Å². The van der Waals surface area contributed by atoms with Crippen LogP contribution in [0.3, 0.4) is 0 Å². The highest BCUT2D eigenvalue weighted by atomic mass is 35.5. The summed E-state index contributed by atoms with van der Waals surface area (Å²) in [5.74, 6) is 0.493. The van der Waals surface area contributed by atoms with E-state index in [9.17, 15) is 4.79 Å². The lowest BCUT2D eigenvalue weighted by Gasteiger charge is -2.32. The van der Waals surface area contributed by atoms with Crippen molar-refractivity contribution < 1.29 is 0 Å². The minimum atomic E-state index is -0.139. The number of nitrogens with zero attached hydrogens (tertiary/aromatic N) is 5. The molecule has 0 bridgehead atoms. The maximum atomic E-state index is 12.9. The molecule has 7 nitrogen and oxygen atoms in total. The van der Waals surface area contributed by atoms with Crippen molar-refractivity contribution >= 4 is 28.6 Å². The highest BCUT2D eigenvalue weighted by molar-refractivity contribution is 6.33. The van der Waals surface area contributed by atoms with Gasteiger partial charge in [0.1, 0.15) is 5.65 Å². The Labute approximate surface area is 162 Å². The van der Waals surface area contributed by atoms with Crippen LogP contribution in [0.15, 0.2) is 41.3 Å². The van der Waals surface area contributed by atoms with Crippen molar-refractivity contribution in [2.75, 3.05) is 38.7 Å². The first kappa shape index (κ1) is 17.9. The maximum absolute atomic E-state index is 12.9. The third kappa shape index (κ3) is 3.53. The molecule has 1 fully saturated rings. The van der Waals surface area contributed by atoms with Crippen molar-refractivity contribution in [3.63, 3.8) is 0 Å². The highest BCUT2D eigenvalue weighted by Gasteiger charge is 2.16. The molecule has 0 atom stereocenters. The largest absolute Gasteiger partial charge is 0.304 e. The fourth-order valence-corrected chi connectivity index (χ4v) is 3.47. The van der Waals surface area contributed by atoms with Crippen LogP contribution in [0.25, 0.3) is 22.2 Å². The molecule has 1 N–H and O–H groups in total. The van der Waals surface area contributed by atoms with E-state index in [0.29, 0.717) is 27.7 Å². The van der Waals surface area contributed by atoms with Crippen molar-refractivity contribution in [2.24, 2.45) is 7.05 Å². The van der Waals surface area contributed by atoms with E-state index in [1.54, 1.807) is 29.9 Å². The Kier molecular flexibility index (Phi) is 4.82. The van der Waals surface area contributed by atoms with Crippen molar-refractivity contribution in [3.8, 4) is 11.1 Å². The number of fused-ring (bicyclic) bond motifs is 1. The Morgan fingerprint density at radius 2 is 1.81 bits per heavy atom. The van der Waals surface area contributed by atoms with Gasteiger partial charge in [-0.25, -0.2) is 9.99 Å². The molecule has 3 aromatic rings. The number of hydrazine groups is 1. The summed E-state index contributed by atoms with van der Waals surface area (Å²) < 4.78 is 1.55. The minimum Gasteiger partial charge on any atom is -0.304 e. The summed E-state index contributed by atoms with van der Waals surface area (Å²) in [7, 11) is 3.83. The normalized spacial score (nSPS) is 16.0. The van der Waals surface area contributed by atoms with Crippen LogP contribution >= 0.6 is 11.6 Å². The molecule has 0 radical (unpaired) electrons. The van der Waals surface area contributed by atoms with Crippen molar-refractivity contribution in [3.05, 3.63) is 51.9 Å². The predicted molar refractivity (Wildman–Crippen MR) is 108 cm³/mol. The number of likely N-dealkylation sites (N-methyl/N-ethyl adjacent to an activating group) is 1. The Hall–Kier alpha value is -2.48. The van der Waals surface area contributed by atoms with Crippen LogP contribution in [-0.4, -0.2) is 57.7 Å². The van der Waals surface area contributed by atoms with Gasteiger partial charge in [-0.05, 0) is 19.2 Å². The third-order valence-electron chi connectivity index (χ3n) is 4.87. The predicted octanol–water partition coefficient (Wildman–Crippen LogP) is 2.22. The second-order valence-electron chi connectivity index (χ2n) is 6.78. The van der Waals surface area contributed by atoms with E-state index in [-0.39, 0.29) is 5.56 Å². The molecule has 8 heteroatoms. The van der Waals surface area contributed by atoms with Crippen LogP contribution in [0.4, 0.5) is 5.95 Å². The van der Waals surface area contributed by atoms with Gasteiger partial charge in [-0.15, -0.1) is 0 Å².